The van der Waals surface area contributed by atoms with Crippen molar-refractivity contribution in [2.45, 2.75) is 50.6 Å². The van der Waals surface area contributed by atoms with Gasteiger partial charge in [-0.25, -0.2) is 13.2 Å². The zero-order chi connectivity index (χ0) is 15.9. The standard InChI is InChI=1S/C17H20F3NO/c1-21-12-3-2-4-13(21)9-11(8-12)16(22)7-10-5-14(18)17(20)15(19)6-10/h5-6,11-13H,2-4,7-9H2,1H3. The molecule has 0 spiro atoms. The molecule has 0 N–H and O–H groups in total. The fourth-order valence-corrected chi connectivity index (χ4v) is 3.93. The molecule has 0 radical (unpaired) electrons. The molecule has 0 aliphatic carbocycles. The third kappa shape index (κ3) is 2.91. The van der Waals surface area contributed by atoms with Gasteiger partial charge in [0.25, 0.3) is 0 Å². The molecule has 2 unspecified atom stereocenters. The molecule has 2 nitrogen and oxygen atoms in total. The Labute approximate surface area is 128 Å². The molecule has 0 amide bonds. The van der Waals surface area contributed by atoms with Gasteiger partial charge in [0, 0.05) is 24.4 Å². The summed E-state index contributed by atoms with van der Waals surface area (Å²) in [6.07, 6.45) is 5.03. The lowest BCUT2D eigenvalue weighted by atomic mass is 9.76. The minimum absolute atomic E-state index is 0.00964. The number of carbonyl (C=O) groups excluding carboxylic acids is 1. The summed E-state index contributed by atoms with van der Waals surface area (Å²) in [5, 5.41) is 0. The zero-order valence-corrected chi connectivity index (χ0v) is 12.6. The number of carbonyl (C=O) groups is 1. The minimum Gasteiger partial charge on any atom is -0.300 e. The predicted octanol–water partition coefficient (Wildman–Crippen LogP) is 3.48. The molecule has 22 heavy (non-hydrogen) atoms. The van der Waals surface area contributed by atoms with Crippen LogP contribution >= 0.6 is 0 Å². The molecule has 2 bridgehead atoms. The molecule has 2 saturated heterocycles. The highest BCUT2D eigenvalue weighted by Gasteiger charge is 2.38. The number of benzene rings is 1. The van der Waals surface area contributed by atoms with Crippen molar-refractivity contribution in [1.29, 1.82) is 0 Å². The van der Waals surface area contributed by atoms with Crippen LogP contribution in [0.5, 0.6) is 0 Å². The first kappa shape index (κ1) is 15.5. The van der Waals surface area contributed by atoms with Gasteiger partial charge in [-0.2, -0.15) is 0 Å². The van der Waals surface area contributed by atoms with Crippen LogP contribution in [0.4, 0.5) is 13.2 Å². The van der Waals surface area contributed by atoms with E-state index in [0.29, 0.717) is 12.1 Å². The summed E-state index contributed by atoms with van der Waals surface area (Å²) in [6, 6.07) is 2.71. The first-order valence-corrected chi connectivity index (χ1v) is 7.83. The van der Waals surface area contributed by atoms with Crippen molar-refractivity contribution in [3.05, 3.63) is 35.1 Å². The molecule has 2 atom stereocenters. The van der Waals surface area contributed by atoms with E-state index >= 15 is 0 Å². The summed E-state index contributed by atoms with van der Waals surface area (Å²) < 4.78 is 39.4. The van der Waals surface area contributed by atoms with E-state index in [9.17, 15) is 18.0 Å². The van der Waals surface area contributed by atoms with E-state index in [-0.39, 0.29) is 23.7 Å². The van der Waals surface area contributed by atoms with Crippen molar-refractivity contribution in [3.8, 4) is 0 Å². The Kier molecular flexibility index (Phi) is 4.26. The summed E-state index contributed by atoms with van der Waals surface area (Å²) in [5.41, 5.74) is 0.213. The van der Waals surface area contributed by atoms with Crippen molar-refractivity contribution in [2.75, 3.05) is 7.05 Å². The number of Topliss-reactive ketones (excluding diaryl/α,β-unsaturated/α-hetero) is 1. The molecule has 1 aromatic rings. The lowest BCUT2D eigenvalue weighted by Gasteiger charge is -2.46. The summed E-state index contributed by atoms with van der Waals surface area (Å²) in [7, 11) is 2.11. The van der Waals surface area contributed by atoms with E-state index in [2.05, 4.69) is 11.9 Å². The average molecular weight is 311 g/mol. The predicted molar refractivity (Wildman–Crippen MR) is 76.9 cm³/mol. The van der Waals surface area contributed by atoms with Crippen LogP contribution < -0.4 is 0 Å². The number of hydrogen-bond donors (Lipinski definition) is 0. The molecule has 0 saturated carbocycles. The molecule has 2 aliphatic heterocycles. The van der Waals surface area contributed by atoms with Crippen molar-refractivity contribution >= 4 is 5.78 Å². The SMILES string of the molecule is CN1C2CCCC1CC(C(=O)Cc1cc(F)c(F)c(F)c1)C2. The maximum Gasteiger partial charge on any atom is 0.194 e. The first-order chi connectivity index (χ1) is 10.5. The van der Waals surface area contributed by atoms with Crippen molar-refractivity contribution in [2.24, 2.45) is 5.92 Å². The lowest BCUT2D eigenvalue weighted by molar-refractivity contribution is -0.125. The monoisotopic (exact) mass is 311 g/mol. The number of fused-ring (bicyclic) bond motifs is 2. The zero-order valence-electron chi connectivity index (χ0n) is 12.6. The van der Waals surface area contributed by atoms with Crippen molar-refractivity contribution < 1.29 is 18.0 Å². The summed E-state index contributed by atoms with van der Waals surface area (Å²) in [4.78, 5) is 14.8. The number of rotatable bonds is 3. The van der Waals surface area contributed by atoms with Gasteiger partial charge in [-0.15, -0.1) is 0 Å². The number of piperidine rings is 2. The van der Waals surface area contributed by atoms with Gasteiger partial charge < -0.3 is 4.90 Å². The Balaban J connectivity index is 1.70. The minimum atomic E-state index is -1.48. The van der Waals surface area contributed by atoms with Crippen LogP contribution in [0.1, 0.15) is 37.7 Å². The lowest BCUT2D eigenvalue weighted by Crippen LogP contribution is -2.51. The summed E-state index contributed by atoms with van der Waals surface area (Å²) in [5.74, 6) is -3.99. The topological polar surface area (TPSA) is 20.3 Å². The maximum atomic E-state index is 13.2. The second kappa shape index (κ2) is 6.03. The summed E-state index contributed by atoms with van der Waals surface area (Å²) in [6.45, 7) is 0. The normalized spacial score (nSPS) is 28.6. The second-order valence-electron chi connectivity index (χ2n) is 6.59. The van der Waals surface area contributed by atoms with Crippen LogP contribution in [0.3, 0.4) is 0 Å². The highest BCUT2D eigenvalue weighted by molar-refractivity contribution is 5.83. The molecule has 2 heterocycles. The van der Waals surface area contributed by atoms with Gasteiger partial charge in [0.05, 0.1) is 0 Å². The quantitative estimate of drug-likeness (QED) is 0.797. The maximum absolute atomic E-state index is 13.2. The van der Waals surface area contributed by atoms with E-state index in [1.807, 2.05) is 0 Å². The van der Waals surface area contributed by atoms with Crippen molar-refractivity contribution in [3.63, 3.8) is 0 Å². The Morgan fingerprint density at radius 2 is 1.68 bits per heavy atom. The molecule has 2 aliphatic rings. The Morgan fingerprint density at radius 1 is 1.14 bits per heavy atom. The number of hydrogen-bond acceptors (Lipinski definition) is 2. The van der Waals surface area contributed by atoms with Crippen LogP contribution in [0.2, 0.25) is 0 Å². The van der Waals surface area contributed by atoms with Crippen LogP contribution in [-0.4, -0.2) is 29.8 Å². The van der Waals surface area contributed by atoms with E-state index in [4.69, 9.17) is 0 Å². The van der Waals surface area contributed by atoms with Gasteiger partial charge in [0.15, 0.2) is 17.5 Å². The molecule has 120 valence electrons. The molecular formula is C17H20F3NO. The fourth-order valence-electron chi connectivity index (χ4n) is 3.93. The van der Waals surface area contributed by atoms with Gasteiger partial charge in [0.1, 0.15) is 5.78 Å². The fraction of sp³-hybridized carbons (Fsp3) is 0.588. The molecule has 1 aromatic carbocycles. The van der Waals surface area contributed by atoms with E-state index in [1.54, 1.807) is 0 Å². The third-order valence-electron chi connectivity index (χ3n) is 5.22. The molecule has 2 fully saturated rings. The number of halogens is 3. The van der Waals surface area contributed by atoms with Crippen molar-refractivity contribution in [1.82, 2.24) is 4.90 Å². The van der Waals surface area contributed by atoms with Gasteiger partial charge >= 0.3 is 0 Å². The van der Waals surface area contributed by atoms with Crippen LogP contribution in [-0.2, 0) is 11.2 Å². The largest absolute Gasteiger partial charge is 0.300 e. The Morgan fingerprint density at radius 3 is 2.23 bits per heavy atom. The molecule has 0 aromatic heterocycles. The van der Waals surface area contributed by atoms with E-state index in [0.717, 1.165) is 37.8 Å². The molecule has 5 heteroatoms. The molecule has 3 rings (SSSR count). The van der Waals surface area contributed by atoms with Crippen LogP contribution in [0, 0.1) is 23.4 Å². The second-order valence-corrected chi connectivity index (χ2v) is 6.59. The van der Waals surface area contributed by atoms with Gasteiger partial charge in [0.2, 0.25) is 0 Å². The number of ketones is 1. The Bertz CT molecular complexity index is 552. The smallest absolute Gasteiger partial charge is 0.194 e. The van der Waals surface area contributed by atoms with E-state index in [1.165, 1.54) is 6.42 Å². The highest BCUT2D eigenvalue weighted by Crippen LogP contribution is 2.36. The van der Waals surface area contributed by atoms with Crippen LogP contribution in [0.25, 0.3) is 0 Å². The van der Waals surface area contributed by atoms with Gasteiger partial charge in [-0.3, -0.25) is 4.79 Å². The Hall–Kier alpha value is -1.36. The van der Waals surface area contributed by atoms with E-state index < -0.39 is 17.5 Å². The number of nitrogens with zero attached hydrogens (tertiary/aromatic N) is 1. The molecular weight excluding hydrogens is 291 g/mol. The average Bonchev–Trinajstić information content (AvgIpc) is 2.44. The van der Waals surface area contributed by atoms with Gasteiger partial charge in [-0.1, -0.05) is 6.42 Å². The highest BCUT2D eigenvalue weighted by atomic mass is 19.2. The van der Waals surface area contributed by atoms with Gasteiger partial charge in [-0.05, 0) is 50.4 Å². The summed E-state index contributed by atoms with van der Waals surface area (Å²) >= 11 is 0. The first-order valence-electron chi connectivity index (χ1n) is 7.83. The third-order valence-corrected chi connectivity index (χ3v) is 5.22. The van der Waals surface area contributed by atoms with Crippen LogP contribution in [0.15, 0.2) is 12.1 Å².